The number of hydrogen-bond donors (Lipinski definition) is 2. The summed E-state index contributed by atoms with van der Waals surface area (Å²) in [6, 6.07) is 6.74. The third-order valence-electron chi connectivity index (χ3n) is 5.28. The summed E-state index contributed by atoms with van der Waals surface area (Å²) in [5, 5.41) is 9.01. The zero-order valence-electron chi connectivity index (χ0n) is 15.3. The minimum atomic E-state index is -0.946. The number of nitrogens with one attached hydrogen (secondary N) is 1. The fourth-order valence-electron chi connectivity index (χ4n) is 3.56. The van der Waals surface area contributed by atoms with Gasteiger partial charge in [0.05, 0.1) is 23.5 Å². The number of H-pyrrole nitrogens is 1. The largest absolute Gasteiger partial charge is 0.478 e. The number of carbonyl (C=O) groups is 2. The van der Waals surface area contributed by atoms with Crippen molar-refractivity contribution in [3.63, 3.8) is 0 Å². The van der Waals surface area contributed by atoms with Crippen molar-refractivity contribution in [1.29, 1.82) is 0 Å². The number of urea groups is 1. The zero-order chi connectivity index (χ0) is 19.0. The molecular weight excluding hydrogens is 346 g/mol. The van der Waals surface area contributed by atoms with Gasteiger partial charge in [0.25, 0.3) is 0 Å². The lowest BCUT2D eigenvalue weighted by Crippen LogP contribution is -2.52. The van der Waals surface area contributed by atoms with Gasteiger partial charge in [-0.25, -0.2) is 14.6 Å². The number of piperazine rings is 1. The molecule has 4 rings (SSSR count). The minimum Gasteiger partial charge on any atom is -0.478 e. The number of aromatic nitrogens is 2. The second-order valence-electron chi connectivity index (χ2n) is 7.14. The van der Waals surface area contributed by atoms with Gasteiger partial charge in [-0.05, 0) is 19.2 Å². The lowest BCUT2D eigenvalue weighted by atomic mass is 10.1. The van der Waals surface area contributed by atoms with Gasteiger partial charge >= 0.3 is 12.0 Å². The Morgan fingerprint density at radius 3 is 2.41 bits per heavy atom. The highest BCUT2D eigenvalue weighted by atomic mass is 16.4. The average molecular weight is 369 g/mol. The van der Waals surface area contributed by atoms with Crippen molar-refractivity contribution >= 4 is 12.0 Å². The minimum absolute atomic E-state index is 0.0933. The van der Waals surface area contributed by atoms with Crippen molar-refractivity contribution in [2.45, 2.75) is 13.0 Å². The zero-order valence-corrected chi connectivity index (χ0v) is 15.3. The van der Waals surface area contributed by atoms with Gasteiger partial charge in [-0.15, -0.1) is 0 Å². The standard InChI is InChI=1S/C19H23N5O3/c1-22-8-10-23(11-9-22)19(27)24-7-6-15-16(12-24)21-17(20-15)13-2-4-14(5-3-13)18(25)26/h2-5H,6-12H2,1H3,(H,20,21)(H,25,26). The number of aromatic carboxylic acids is 1. The Kier molecular flexibility index (Phi) is 4.57. The number of likely N-dealkylation sites (N-methyl/N-ethyl adjacent to an activating group) is 1. The van der Waals surface area contributed by atoms with Crippen molar-refractivity contribution in [3.05, 3.63) is 41.2 Å². The molecule has 2 N–H and O–H groups in total. The van der Waals surface area contributed by atoms with Crippen LogP contribution in [0.5, 0.6) is 0 Å². The van der Waals surface area contributed by atoms with Crippen LogP contribution in [-0.4, -0.2) is 81.5 Å². The molecule has 0 atom stereocenters. The van der Waals surface area contributed by atoms with Crippen molar-refractivity contribution in [2.75, 3.05) is 39.8 Å². The van der Waals surface area contributed by atoms with E-state index in [1.54, 1.807) is 24.3 Å². The van der Waals surface area contributed by atoms with Crippen LogP contribution < -0.4 is 0 Å². The van der Waals surface area contributed by atoms with Gasteiger partial charge in [-0.2, -0.15) is 0 Å². The number of carboxylic acids is 1. The maximum absolute atomic E-state index is 12.8. The Hall–Kier alpha value is -2.87. The highest BCUT2D eigenvalue weighted by molar-refractivity contribution is 5.88. The van der Waals surface area contributed by atoms with Crippen LogP contribution in [0.25, 0.3) is 11.4 Å². The van der Waals surface area contributed by atoms with Crippen LogP contribution in [0.1, 0.15) is 21.7 Å². The molecule has 1 saturated heterocycles. The Labute approximate surface area is 157 Å². The Morgan fingerprint density at radius 2 is 1.74 bits per heavy atom. The van der Waals surface area contributed by atoms with Crippen molar-refractivity contribution in [2.24, 2.45) is 0 Å². The van der Waals surface area contributed by atoms with E-state index in [0.717, 1.165) is 49.6 Å². The van der Waals surface area contributed by atoms with E-state index in [-0.39, 0.29) is 11.6 Å². The normalized spacial score (nSPS) is 17.7. The predicted octanol–water partition coefficient (Wildman–Crippen LogP) is 1.50. The number of rotatable bonds is 2. The smallest absolute Gasteiger partial charge is 0.335 e. The first-order valence-corrected chi connectivity index (χ1v) is 9.15. The second kappa shape index (κ2) is 7.03. The highest BCUT2D eigenvalue weighted by Crippen LogP contribution is 2.24. The molecule has 3 heterocycles. The van der Waals surface area contributed by atoms with E-state index in [1.165, 1.54) is 0 Å². The molecule has 0 unspecified atom stereocenters. The molecule has 0 saturated carbocycles. The number of hydrogen-bond acceptors (Lipinski definition) is 4. The highest BCUT2D eigenvalue weighted by Gasteiger charge is 2.28. The number of imidazole rings is 1. The predicted molar refractivity (Wildman–Crippen MR) is 99.6 cm³/mol. The van der Waals surface area contributed by atoms with Crippen LogP contribution in [0.4, 0.5) is 4.79 Å². The molecule has 2 aliphatic rings. The quantitative estimate of drug-likeness (QED) is 0.837. The third-order valence-corrected chi connectivity index (χ3v) is 5.28. The molecule has 0 radical (unpaired) electrons. The number of aromatic amines is 1. The van der Waals surface area contributed by atoms with Crippen LogP contribution >= 0.6 is 0 Å². The number of benzene rings is 1. The van der Waals surface area contributed by atoms with Crippen molar-refractivity contribution < 1.29 is 14.7 Å². The summed E-state index contributed by atoms with van der Waals surface area (Å²) < 4.78 is 0. The number of carbonyl (C=O) groups excluding carboxylic acids is 1. The first kappa shape index (κ1) is 17.5. The number of fused-ring (bicyclic) bond motifs is 1. The van der Waals surface area contributed by atoms with Crippen LogP contribution in [0.3, 0.4) is 0 Å². The van der Waals surface area contributed by atoms with E-state index in [4.69, 9.17) is 5.11 Å². The van der Waals surface area contributed by atoms with Gasteiger partial charge in [-0.3, -0.25) is 0 Å². The topological polar surface area (TPSA) is 92.8 Å². The van der Waals surface area contributed by atoms with Crippen molar-refractivity contribution in [1.82, 2.24) is 24.7 Å². The van der Waals surface area contributed by atoms with E-state index in [9.17, 15) is 9.59 Å². The molecule has 2 aliphatic heterocycles. The van der Waals surface area contributed by atoms with Gasteiger partial charge < -0.3 is 24.8 Å². The summed E-state index contributed by atoms with van der Waals surface area (Å²) in [6.07, 6.45) is 0.721. The number of carboxylic acid groups (broad SMARTS) is 1. The van der Waals surface area contributed by atoms with Gasteiger partial charge in [-0.1, -0.05) is 12.1 Å². The molecule has 1 aromatic heterocycles. The maximum atomic E-state index is 12.8. The van der Waals surface area contributed by atoms with E-state index < -0.39 is 5.97 Å². The lowest BCUT2D eigenvalue weighted by Gasteiger charge is -2.37. The van der Waals surface area contributed by atoms with Gasteiger partial charge in [0, 0.05) is 44.7 Å². The molecule has 1 fully saturated rings. The Balaban J connectivity index is 1.47. The Bertz CT molecular complexity index is 853. The molecule has 0 spiro atoms. The average Bonchev–Trinajstić information content (AvgIpc) is 3.11. The molecule has 8 heteroatoms. The summed E-state index contributed by atoms with van der Waals surface area (Å²) in [4.78, 5) is 37.8. The summed E-state index contributed by atoms with van der Waals surface area (Å²) in [5.41, 5.74) is 3.03. The summed E-state index contributed by atoms with van der Waals surface area (Å²) in [6.45, 7) is 4.55. The fraction of sp³-hybridized carbons (Fsp3) is 0.421. The summed E-state index contributed by atoms with van der Waals surface area (Å²) >= 11 is 0. The molecule has 1 aromatic carbocycles. The van der Waals surface area contributed by atoms with E-state index >= 15 is 0 Å². The lowest BCUT2D eigenvalue weighted by molar-refractivity contribution is 0.0697. The van der Waals surface area contributed by atoms with Crippen LogP contribution in [0.2, 0.25) is 0 Å². The molecule has 2 aromatic rings. The Morgan fingerprint density at radius 1 is 1.04 bits per heavy atom. The van der Waals surface area contributed by atoms with E-state index in [0.29, 0.717) is 18.9 Å². The van der Waals surface area contributed by atoms with Gasteiger partial charge in [0.2, 0.25) is 0 Å². The molecule has 8 nitrogen and oxygen atoms in total. The van der Waals surface area contributed by atoms with Crippen molar-refractivity contribution in [3.8, 4) is 11.4 Å². The molecular formula is C19H23N5O3. The van der Waals surface area contributed by atoms with Crippen LogP contribution in [0, 0.1) is 0 Å². The summed E-state index contributed by atoms with van der Waals surface area (Å²) in [5.74, 6) is -0.232. The summed E-state index contributed by atoms with van der Waals surface area (Å²) in [7, 11) is 2.07. The van der Waals surface area contributed by atoms with Gasteiger partial charge in [0.15, 0.2) is 0 Å². The van der Waals surface area contributed by atoms with E-state index in [1.807, 2.05) is 9.80 Å². The third kappa shape index (κ3) is 3.52. The van der Waals surface area contributed by atoms with Crippen LogP contribution in [0.15, 0.2) is 24.3 Å². The molecule has 0 bridgehead atoms. The van der Waals surface area contributed by atoms with Gasteiger partial charge in [0.1, 0.15) is 5.82 Å². The SMILES string of the molecule is CN1CCN(C(=O)N2CCc3nc(-c4ccc(C(=O)O)cc4)[nH]c3C2)CC1. The molecule has 142 valence electrons. The monoisotopic (exact) mass is 369 g/mol. The number of nitrogens with zero attached hydrogens (tertiary/aromatic N) is 4. The first-order chi connectivity index (χ1) is 13.0. The second-order valence-corrected chi connectivity index (χ2v) is 7.14. The fourth-order valence-corrected chi connectivity index (χ4v) is 3.56. The molecule has 27 heavy (non-hydrogen) atoms. The molecule has 0 aliphatic carbocycles. The first-order valence-electron chi connectivity index (χ1n) is 9.15. The van der Waals surface area contributed by atoms with E-state index in [2.05, 4.69) is 21.9 Å². The number of amides is 2. The molecule has 2 amide bonds. The maximum Gasteiger partial charge on any atom is 0.335 e. The van der Waals surface area contributed by atoms with Crippen LogP contribution in [-0.2, 0) is 13.0 Å².